The van der Waals surface area contributed by atoms with Crippen molar-refractivity contribution in [3.63, 3.8) is 0 Å². The summed E-state index contributed by atoms with van der Waals surface area (Å²) in [4.78, 5) is 0. The average molecular weight is 148 g/mol. The van der Waals surface area contributed by atoms with E-state index in [0.29, 0.717) is 0 Å². The highest BCUT2D eigenvalue weighted by Gasteiger charge is 2.08. The Morgan fingerprint density at radius 2 is 2.18 bits per heavy atom. The molecule has 0 aromatic carbocycles. The van der Waals surface area contributed by atoms with E-state index in [4.69, 9.17) is 9.15 Å². The molecule has 0 radical (unpaired) electrons. The van der Waals surface area contributed by atoms with E-state index in [1.807, 2.05) is 18.2 Å². The van der Waals surface area contributed by atoms with Crippen molar-refractivity contribution >= 4 is 0 Å². The van der Waals surface area contributed by atoms with Gasteiger partial charge in [0.05, 0.1) is 18.9 Å². The number of methoxy groups -OCH3 is 1. The standard InChI is InChI=1S/C9H8O2/c1-10-9-3-2-7-4-5-11-6-8(7)9/h2-6H,1H3. The van der Waals surface area contributed by atoms with E-state index in [1.54, 1.807) is 19.6 Å². The van der Waals surface area contributed by atoms with Gasteiger partial charge in [-0.2, -0.15) is 0 Å². The highest BCUT2D eigenvalue weighted by molar-refractivity contribution is 5.72. The molecule has 0 N–H and O–H groups in total. The maximum atomic E-state index is 5.11. The first-order chi connectivity index (χ1) is 5.42. The van der Waals surface area contributed by atoms with E-state index in [1.165, 1.54) is 0 Å². The normalized spacial score (nSPS) is 10.3. The Morgan fingerprint density at radius 3 is 3.00 bits per heavy atom. The fourth-order valence-electron chi connectivity index (χ4n) is 1.16. The topological polar surface area (TPSA) is 22.4 Å². The molecule has 0 atom stereocenters. The average Bonchev–Trinajstić information content (AvgIpc) is 2.47. The van der Waals surface area contributed by atoms with Crippen LogP contribution in [0.5, 0.6) is 5.75 Å². The summed E-state index contributed by atoms with van der Waals surface area (Å²) < 4.78 is 10.1. The third-order valence-corrected chi connectivity index (χ3v) is 1.72. The Balaban J connectivity index is 2.64. The maximum absolute atomic E-state index is 5.11. The van der Waals surface area contributed by atoms with Gasteiger partial charge in [-0.15, -0.1) is 0 Å². The number of ether oxygens (including phenoxy) is 1. The second kappa shape index (κ2) is 2.31. The van der Waals surface area contributed by atoms with Gasteiger partial charge in [0, 0.05) is 0 Å². The molecule has 1 heterocycles. The molecule has 0 spiro atoms. The van der Waals surface area contributed by atoms with Crippen molar-refractivity contribution in [2.45, 2.75) is 0 Å². The highest BCUT2D eigenvalue weighted by Crippen LogP contribution is 2.32. The third kappa shape index (κ3) is 0.871. The summed E-state index contributed by atoms with van der Waals surface area (Å²) in [7, 11) is 1.65. The Kier molecular flexibility index (Phi) is 1.32. The summed E-state index contributed by atoms with van der Waals surface area (Å²) in [6.45, 7) is 0. The number of hydrogen-bond acceptors (Lipinski definition) is 2. The van der Waals surface area contributed by atoms with Gasteiger partial charge >= 0.3 is 0 Å². The lowest BCUT2D eigenvalue weighted by molar-refractivity contribution is 0.416. The van der Waals surface area contributed by atoms with E-state index in [-0.39, 0.29) is 0 Å². The second-order valence-corrected chi connectivity index (χ2v) is 2.33. The zero-order valence-corrected chi connectivity index (χ0v) is 6.20. The van der Waals surface area contributed by atoms with Gasteiger partial charge in [0.1, 0.15) is 12.0 Å². The van der Waals surface area contributed by atoms with E-state index < -0.39 is 0 Å². The van der Waals surface area contributed by atoms with Crippen molar-refractivity contribution in [2.75, 3.05) is 7.11 Å². The fraction of sp³-hybridized carbons (Fsp3) is 0.111. The predicted octanol–water partition coefficient (Wildman–Crippen LogP) is 2.39. The minimum absolute atomic E-state index is 0.865. The molecule has 0 amide bonds. The summed E-state index contributed by atoms with van der Waals surface area (Å²) in [5.74, 6) is 0.865. The van der Waals surface area contributed by atoms with Crippen molar-refractivity contribution in [1.82, 2.24) is 0 Å². The van der Waals surface area contributed by atoms with Crippen LogP contribution in [0.1, 0.15) is 0 Å². The summed E-state index contributed by atoms with van der Waals surface area (Å²) >= 11 is 0. The zero-order valence-electron chi connectivity index (χ0n) is 6.20. The van der Waals surface area contributed by atoms with Gasteiger partial charge in [-0.25, -0.2) is 0 Å². The third-order valence-electron chi connectivity index (χ3n) is 1.72. The summed E-state index contributed by atoms with van der Waals surface area (Å²) in [6.07, 6.45) is 3.34. The van der Waals surface area contributed by atoms with Crippen molar-refractivity contribution in [2.24, 2.45) is 0 Å². The predicted molar refractivity (Wildman–Crippen MR) is 41.9 cm³/mol. The van der Waals surface area contributed by atoms with Crippen molar-refractivity contribution in [3.8, 4) is 16.9 Å². The van der Waals surface area contributed by atoms with Crippen LogP contribution in [0, 0.1) is 0 Å². The van der Waals surface area contributed by atoms with Gasteiger partial charge in [0.15, 0.2) is 0 Å². The van der Waals surface area contributed by atoms with Crippen molar-refractivity contribution in [3.05, 3.63) is 30.7 Å². The lowest BCUT2D eigenvalue weighted by Gasteiger charge is -1.99. The molecule has 0 aromatic heterocycles. The van der Waals surface area contributed by atoms with E-state index in [2.05, 4.69) is 0 Å². The molecule has 0 unspecified atom stereocenters. The summed E-state index contributed by atoms with van der Waals surface area (Å²) in [5.41, 5.74) is 2.17. The minimum atomic E-state index is 0.865. The molecule has 11 heavy (non-hydrogen) atoms. The number of fused-ring (bicyclic) bond motifs is 1. The molecule has 56 valence electrons. The molecule has 0 bridgehead atoms. The molecule has 2 rings (SSSR count). The first-order valence-corrected chi connectivity index (χ1v) is 3.41. The molecule has 2 heteroatoms. The Hall–Kier alpha value is -1.44. The molecule has 0 fully saturated rings. The maximum Gasteiger partial charge on any atom is 0.129 e. The Bertz CT molecular complexity index is 324. The molecule has 2 aliphatic rings. The van der Waals surface area contributed by atoms with E-state index >= 15 is 0 Å². The van der Waals surface area contributed by atoms with Gasteiger partial charge in [-0.3, -0.25) is 0 Å². The smallest absolute Gasteiger partial charge is 0.129 e. The molecule has 0 saturated heterocycles. The van der Waals surface area contributed by atoms with Gasteiger partial charge < -0.3 is 9.15 Å². The Labute approximate surface area is 64.7 Å². The first-order valence-electron chi connectivity index (χ1n) is 3.41. The van der Waals surface area contributed by atoms with Crippen LogP contribution in [-0.2, 0) is 0 Å². The van der Waals surface area contributed by atoms with Crippen LogP contribution in [0.15, 0.2) is 35.1 Å². The molecular formula is C9H8O2. The summed E-state index contributed by atoms with van der Waals surface area (Å²) in [6, 6.07) is 5.85. The Morgan fingerprint density at radius 1 is 1.27 bits per heavy atom. The summed E-state index contributed by atoms with van der Waals surface area (Å²) in [5, 5.41) is 0. The molecule has 0 saturated carbocycles. The lowest BCUT2D eigenvalue weighted by Crippen LogP contribution is -1.80. The molecule has 1 aliphatic carbocycles. The van der Waals surface area contributed by atoms with Gasteiger partial charge in [-0.1, -0.05) is 6.07 Å². The number of hydrogen-bond donors (Lipinski definition) is 0. The number of rotatable bonds is 1. The van der Waals surface area contributed by atoms with Crippen molar-refractivity contribution in [1.29, 1.82) is 0 Å². The van der Waals surface area contributed by atoms with Crippen molar-refractivity contribution < 1.29 is 9.15 Å². The van der Waals surface area contributed by atoms with Gasteiger partial charge in [-0.05, 0) is 17.7 Å². The van der Waals surface area contributed by atoms with Crippen LogP contribution in [0.2, 0.25) is 0 Å². The largest absolute Gasteiger partial charge is 0.496 e. The SMILES string of the molecule is COc1ccc2ccocc1-2. The highest BCUT2D eigenvalue weighted by atomic mass is 16.5. The van der Waals surface area contributed by atoms with Crippen LogP contribution < -0.4 is 4.74 Å². The van der Waals surface area contributed by atoms with E-state index in [0.717, 1.165) is 16.9 Å². The lowest BCUT2D eigenvalue weighted by atomic mass is 10.2. The second-order valence-electron chi connectivity index (χ2n) is 2.33. The van der Waals surface area contributed by atoms with Crippen LogP contribution in [-0.4, -0.2) is 7.11 Å². The molecular weight excluding hydrogens is 140 g/mol. The van der Waals surface area contributed by atoms with Crippen LogP contribution in [0.25, 0.3) is 11.1 Å². The molecule has 1 aliphatic heterocycles. The monoisotopic (exact) mass is 148 g/mol. The van der Waals surface area contributed by atoms with Crippen LogP contribution >= 0.6 is 0 Å². The van der Waals surface area contributed by atoms with Crippen LogP contribution in [0.3, 0.4) is 0 Å². The molecule has 0 aromatic rings. The molecule has 2 nitrogen and oxygen atoms in total. The van der Waals surface area contributed by atoms with E-state index in [9.17, 15) is 0 Å². The van der Waals surface area contributed by atoms with Gasteiger partial charge in [0.2, 0.25) is 0 Å². The first kappa shape index (κ1) is 6.28. The van der Waals surface area contributed by atoms with Crippen LogP contribution in [0.4, 0.5) is 0 Å². The fourth-order valence-corrected chi connectivity index (χ4v) is 1.16. The zero-order chi connectivity index (χ0) is 7.68. The van der Waals surface area contributed by atoms with Gasteiger partial charge in [0.25, 0.3) is 0 Å². The quantitative estimate of drug-likeness (QED) is 0.619. The minimum Gasteiger partial charge on any atom is -0.496 e.